The molecule has 1 aromatic rings. The van der Waals surface area contributed by atoms with Crippen LogP contribution in [0.1, 0.15) is 39.2 Å². The molecule has 2 amide bonds. The molecule has 0 bridgehead atoms. The van der Waals surface area contributed by atoms with Crippen LogP contribution >= 0.6 is 0 Å². The van der Waals surface area contributed by atoms with Crippen LogP contribution in [-0.4, -0.2) is 24.2 Å². The average Bonchev–Trinajstić information content (AvgIpc) is 3.20. The fourth-order valence-corrected chi connectivity index (χ4v) is 2.16. The summed E-state index contributed by atoms with van der Waals surface area (Å²) in [6.07, 6.45) is 0.615. The Morgan fingerprint density at radius 2 is 1.73 bits per heavy atom. The van der Waals surface area contributed by atoms with Crippen molar-refractivity contribution in [1.29, 1.82) is 0 Å². The number of amides is 2. The highest BCUT2D eigenvalue weighted by Gasteiger charge is 2.31. The summed E-state index contributed by atoms with van der Waals surface area (Å²) >= 11 is 0. The van der Waals surface area contributed by atoms with Crippen molar-refractivity contribution in [3.63, 3.8) is 0 Å². The van der Waals surface area contributed by atoms with Gasteiger partial charge in [-0.25, -0.2) is 4.79 Å². The number of carboxylic acid groups (broad SMARTS) is 1. The molecule has 0 radical (unpaired) electrons. The van der Waals surface area contributed by atoms with Crippen molar-refractivity contribution in [2.45, 2.75) is 39.0 Å². The van der Waals surface area contributed by atoms with Gasteiger partial charge in [0.25, 0.3) is 0 Å². The summed E-state index contributed by atoms with van der Waals surface area (Å²) in [4.78, 5) is 23.0. The number of hydrogen-bond acceptors (Lipinski definition) is 3. The predicted molar refractivity (Wildman–Crippen MR) is 84.7 cm³/mol. The van der Waals surface area contributed by atoms with Gasteiger partial charge in [-0.2, -0.15) is 0 Å². The third-order valence-corrected chi connectivity index (χ3v) is 3.61. The molecule has 3 N–H and O–H groups in total. The van der Waals surface area contributed by atoms with Gasteiger partial charge in [0, 0.05) is 5.92 Å². The Kier molecular flexibility index (Phi) is 4.30. The van der Waals surface area contributed by atoms with E-state index in [-0.39, 0.29) is 17.2 Å². The second kappa shape index (κ2) is 5.87. The van der Waals surface area contributed by atoms with E-state index in [4.69, 9.17) is 9.84 Å². The molecule has 1 aliphatic carbocycles. The quantitative estimate of drug-likeness (QED) is 0.795. The second-order valence-electron chi connectivity index (χ2n) is 6.55. The first-order valence-electron chi connectivity index (χ1n) is 7.25. The Bertz CT molecular complexity index is 601. The van der Waals surface area contributed by atoms with Gasteiger partial charge in [0.2, 0.25) is 5.91 Å². The van der Waals surface area contributed by atoms with Crippen LogP contribution < -0.4 is 15.4 Å². The number of anilines is 2. The van der Waals surface area contributed by atoms with Gasteiger partial charge < -0.3 is 15.2 Å². The third-order valence-electron chi connectivity index (χ3n) is 3.61. The lowest BCUT2D eigenvalue weighted by Gasteiger charge is -2.23. The number of ether oxygens (including phenoxy) is 1. The number of methoxy groups -OCH3 is 1. The third kappa shape index (κ3) is 3.69. The van der Waals surface area contributed by atoms with Crippen molar-refractivity contribution in [2.75, 3.05) is 17.7 Å². The number of nitrogens with one attached hydrogen (secondary N) is 2. The SMILES string of the molecule is COc1c(NC(=O)O)cc(C(C)(C)C)cc1NC(=O)C1CC1. The lowest BCUT2D eigenvalue weighted by Crippen LogP contribution is -2.18. The molecule has 22 heavy (non-hydrogen) atoms. The molecule has 6 heteroatoms. The molecular formula is C16H22N2O4. The van der Waals surface area contributed by atoms with E-state index in [0.29, 0.717) is 17.1 Å². The molecule has 0 heterocycles. The van der Waals surface area contributed by atoms with E-state index < -0.39 is 6.09 Å². The standard InChI is InChI=1S/C16H22N2O4/c1-16(2,3)10-7-11(17-14(19)9-5-6-9)13(22-4)12(8-10)18-15(20)21/h7-9,18H,5-6H2,1-4H3,(H,17,19)(H,20,21). The van der Waals surface area contributed by atoms with Crippen LogP contribution in [0.3, 0.4) is 0 Å². The highest BCUT2D eigenvalue weighted by molar-refractivity contribution is 5.98. The molecule has 0 atom stereocenters. The molecule has 0 unspecified atom stereocenters. The fraction of sp³-hybridized carbons (Fsp3) is 0.500. The largest absolute Gasteiger partial charge is 0.492 e. The van der Waals surface area contributed by atoms with Gasteiger partial charge in [-0.1, -0.05) is 20.8 Å². The smallest absolute Gasteiger partial charge is 0.409 e. The van der Waals surface area contributed by atoms with Gasteiger partial charge in [-0.05, 0) is 36.0 Å². The first-order chi connectivity index (χ1) is 10.2. The number of carbonyl (C=O) groups excluding carboxylic acids is 1. The number of hydrogen-bond donors (Lipinski definition) is 3. The Morgan fingerprint density at radius 1 is 1.18 bits per heavy atom. The zero-order chi connectivity index (χ0) is 16.5. The van der Waals surface area contributed by atoms with Crippen molar-refractivity contribution in [3.05, 3.63) is 17.7 Å². The molecule has 0 aromatic heterocycles. The topological polar surface area (TPSA) is 87.7 Å². The van der Waals surface area contributed by atoms with E-state index in [0.717, 1.165) is 18.4 Å². The zero-order valence-corrected chi connectivity index (χ0v) is 13.3. The highest BCUT2D eigenvalue weighted by Crippen LogP contribution is 2.40. The Morgan fingerprint density at radius 3 is 2.14 bits per heavy atom. The zero-order valence-electron chi connectivity index (χ0n) is 13.3. The summed E-state index contributed by atoms with van der Waals surface area (Å²) in [5, 5.41) is 14.2. The van der Waals surface area contributed by atoms with E-state index >= 15 is 0 Å². The molecule has 6 nitrogen and oxygen atoms in total. The molecule has 1 aromatic carbocycles. The lowest BCUT2D eigenvalue weighted by molar-refractivity contribution is -0.117. The summed E-state index contributed by atoms with van der Waals surface area (Å²) < 4.78 is 5.31. The summed E-state index contributed by atoms with van der Waals surface area (Å²) in [7, 11) is 1.45. The van der Waals surface area contributed by atoms with E-state index in [1.165, 1.54) is 7.11 Å². The molecular weight excluding hydrogens is 284 g/mol. The minimum Gasteiger partial charge on any atom is -0.492 e. The number of benzene rings is 1. The van der Waals surface area contributed by atoms with Gasteiger partial charge in [-0.3, -0.25) is 10.1 Å². The van der Waals surface area contributed by atoms with Crippen LogP contribution in [0.25, 0.3) is 0 Å². The molecule has 2 rings (SSSR count). The fourth-order valence-electron chi connectivity index (χ4n) is 2.16. The summed E-state index contributed by atoms with van der Waals surface area (Å²) in [6, 6.07) is 3.58. The van der Waals surface area contributed by atoms with Crippen molar-refractivity contribution >= 4 is 23.4 Å². The average molecular weight is 306 g/mol. The normalized spacial score (nSPS) is 14.4. The summed E-state index contributed by atoms with van der Waals surface area (Å²) in [6.45, 7) is 6.06. The van der Waals surface area contributed by atoms with Crippen molar-refractivity contribution in [3.8, 4) is 5.75 Å². The van der Waals surface area contributed by atoms with Crippen molar-refractivity contribution < 1.29 is 19.4 Å². The summed E-state index contributed by atoms with van der Waals surface area (Å²) in [5.74, 6) is 0.328. The predicted octanol–water partition coefficient (Wildman–Crippen LogP) is 3.43. The minimum absolute atomic E-state index is 0.0503. The molecule has 1 aliphatic rings. The van der Waals surface area contributed by atoms with Crippen LogP contribution in [0, 0.1) is 5.92 Å². The molecule has 0 spiro atoms. The van der Waals surface area contributed by atoms with Crippen LogP contribution in [0.5, 0.6) is 5.75 Å². The van der Waals surface area contributed by atoms with Crippen molar-refractivity contribution in [1.82, 2.24) is 0 Å². The van der Waals surface area contributed by atoms with Gasteiger partial charge in [0.15, 0.2) is 5.75 Å². The first kappa shape index (κ1) is 16.1. The Balaban J connectivity index is 2.46. The van der Waals surface area contributed by atoms with Crippen molar-refractivity contribution in [2.24, 2.45) is 5.92 Å². The van der Waals surface area contributed by atoms with E-state index in [1.807, 2.05) is 26.8 Å². The van der Waals surface area contributed by atoms with Crippen LogP contribution in [0.2, 0.25) is 0 Å². The minimum atomic E-state index is -1.18. The molecule has 120 valence electrons. The van der Waals surface area contributed by atoms with E-state index in [9.17, 15) is 9.59 Å². The number of carbonyl (C=O) groups is 2. The van der Waals surface area contributed by atoms with Crippen LogP contribution in [0.15, 0.2) is 12.1 Å². The summed E-state index contributed by atoms with van der Waals surface area (Å²) in [5.41, 5.74) is 1.53. The Labute approximate surface area is 129 Å². The monoisotopic (exact) mass is 306 g/mol. The molecule has 1 saturated carbocycles. The first-order valence-corrected chi connectivity index (χ1v) is 7.25. The van der Waals surface area contributed by atoms with Gasteiger partial charge in [0.1, 0.15) is 0 Å². The van der Waals surface area contributed by atoms with Crippen LogP contribution in [0.4, 0.5) is 16.2 Å². The molecule has 1 fully saturated rings. The maximum atomic E-state index is 12.0. The maximum Gasteiger partial charge on any atom is 0.409 e. The van der Waals surface area contributed by atoms with Gasteiger partial charge >= 0.3 is 6.09 Å². The number of rotatable bonds is 4. The Hall–Kier alpha value is -2.24. The molecule has 0 aliphatic heterocycles. The lowest BCUT2D eigenvalue weighted by atomic mass is 9.86. The maximum absolute atomic E-state index is 12.0. The van der Waals surface area contributed by atoms with Gasteiger partial charge in [-0.15, -0.1) is 0 Å². The highest BCUT2D eigenvalue weighted by atomic mass is 16.5. The molecule has 0 saturated heterocycles. The van der Waals surface area contributed by atoms with Crippen LogP contribution in [-0.2, 0) is 10.2 Å². The van der Waals surface area contributed by atoms with E-state index in [1.54, 1.807) is 6.07 Å². The van der Waals surface area contributed by atoms with E-state index in [2.05, 4.69) is 10.6 Å². The van der Waals surface area contributed by atoms with Gasteiger partial charge in [0.05, 0.1) is 18.5 Å². The second-order valence-corrected chi connectivity index (χ2v) is 6.55.